The van der Waals surface area contributed by atoms with E-state index in [0.717, 1.165) is 31.7 Å². The number of aliphatic hydroxyl groups excluding tert-OH is 1. The fourth-order valence-electron chi connectivity index (χ4n) is 3.12. The van der Waals surface area contributed by atoms with Gasteiger partial charge in [-0.25, -0.2) is 9.78 Å². The first-order valence-corrected chi connectivity index (χ1v) is 7.27. The summed E-state index contributed by atoms with van der Waals surface area (Å²) in [5, 5.41) is 19.1. The van der Waals surface area contributed by atoms with E-state index in [0.29, 0.717) is 24.5 Å². The fraction of sp³-hybridized carbons (Fsp3) is 0.571. The van der Waals surface area contributed by atoms with E-state index in [1.807, 2.05) is 0 Å². The maximum Gasteiger partial charge on any atom is 0.329 e. The molecule has 1 aromatic heterocycles. The van der Waals surface area contributed by atoms with Crippen molar-refractivity contribution < 1.29 is 15.0 Å². The lowest BCUT2D eigenvalue weighted by atomic mass is 10.2. The van der Waals surface area contributed by atoms with E-state index in [1.165, 1.54) is 0 Å². The van der Waals surface area contributed by atoms with E-state index < -0.39 is 18.1 Å². The summed E-state index contributed by atoms with van der Waals surface area (Å²) in [6, 6.07) is 2.55. The van der Waals surface area contributed by atoms with Crippen LogP contribution in [0, 0.1) is 0 Å². The van der Waals surface area contributed by atoms with Crippen LogP contribution in [0.2, 0.25) is 0 Å². The number of aromatic nitrogens is 1. The summed E-state index contributed by atoms with van der Waals surface area (Å²) >= 11 is 0. The summed E-state index contributed by atoms with van der Waals surface area (Å²) in [5.74, 6) is 0.256. The molecule has 7 nitrogen and oxygen atoms in total. The van der Waals surface area contributed by atoms with Crippen molar-refractivity contribution in [3.05, 3.63) is 12.1 Å². The van der Waals surface area contributed by atoms with Gasteiger partial charge in [-0.1, -0.05) is 0 Å². The number of nitrogen functional groups attached to an aromatic ring is 1. The quantitative estimate of drug-likeness (QED) is 0.735. The average Bonchev–Trinajstić information content (AvgIpc) is 3.08. The van der Waals surface area contributed by atoms with Crippen LogP contribution in [0.25, 0.3) is 0 Å². The molecule has 3 rings (SSSR count). The van der Waals surface area contributed by atoms with Crippen molar-refractivity contribution in [2.45, 2.75) is 31.4 Å². The third kappa shape index (κ3) is 2.49. The molecular weight excluding hydrogens is 272 g/mol. The third-order valence-corrected chi connectivity index (χ3v) is 4.21. The van der Waals surface area contributed by atoms with Crippen molar-refractivity contribution >= 4 is 23.3 Å². The van der Waals surface area contributed by atoms with Crippen LogP contribution in [0.4, 0.5) is 17.3 Å². The molecule has 3 heterocycles. The number of pyridine rings is 1. The van der Waals surface area contributed by atoms with Gasteiger partial charge in [0.05, 0.1) is 11.8 Å². The second-order valence-electron chi connectivity index (χ2n) is 5.61. The number of carbonyl (C=O) groups is 1. The zero-order chi connectivity index (χ0) is 15.0. The Balaban J connectivity index is 1.92. The molecule has 0 spiro atoms. The van der Waals surface area contributed by atoms with Gasteiger partial charge in [0.1, 0.15) is 5.82 Å². The van der Waals surface area contributed by atoms with Crippen LogP contribution in [0.5, 0.6) is 0 Å². The first-order chi connectivity index (χ1) is 10.1. The molecular formula is C14H20N4O3. The average molecular weight is 292 g/mol. The number of aliphatic hydroxyl groups is 1. The second kappa shape index (κ2) is 5.40. The number of rotatable bonds is 3. The largest absolute Gasteiger partial charge is 0.480 e. The summed E-state index contributed by atoms with van der Waals surface area (Å²) in [6.45, 7) is 2.33. The molecule has 2 aliphatic heterocycles. The van der Waals surface area contributed by atoms with Crippen molar-refractivity contribution in [1.82, 2.24) is 4.98 Å². The highest BCUT2D eigenvalue weighted by molar-refractivity contribution is 5.80. The number of hydrogen-bond donors (Lipinski definition) is 3. The fourth-order valence-corrected chi connectivity index (χ4v) is 3.12. The molecule has 2 unspecified atom stereocenters. The number of carboxylic acid groups (broad SMARTS) is 1. The topological polar surface area (TPSA) is 103 Å². The highest BCUT2D eigenvalue weighted by Crippen LogP contribution is 2.30. The minimum atomic E-state index is -1.03. The highest BCUT2D eigenvalue weighted by Gasteiger charge is 2.39. The molecule has 0 aromatic carbocycles. The monoisotopic (exact) mass is 292 g/mol. The number of aliphatic carboxylic acids is 1. The van der Waals surface area contributed by atoms with Gasteiger partial charge in [0.25, 0.3) is 0 Å². The van der Waals surface area contributed by atoms with Crippen molar-refractivity contribution in [3.8, 4) is 0 Å². The number of anilines is 3. The highest BCUT2D eigenvalue weighted by atomic mass is 16.4. The Morgan fingerprint density at radius 2 is 2.00 bits per heavy atom. The van der Waals surface area contributed by atoms with Crippen LogP contribution in [0.15, 0.2) is 12.1 Å². The van der Waals surface area contributed by atoms with E-state index in [-0.39, 0.29) is 0 Å². The molecule has 114 valence electrons. The Labute approximate surface area is 123 Å². The smallest absolute Gasteiger partial charge is 0.329 e. The molecule has 0 aliphatic carbocycles. The molecule has 1 aromatic rings. The number of nitrogens with two attached hydrogens (primary N) is 1. The summed E-state index contributed by atoms with van der Waals surface area (Å²) in [7, 11) is 0. The Kier molecular flexibility index (Phi) is 3.59. The molecule has 2 aliphatic rings. The molecule has 0 saturated carbocycles. The minimum Gasteiger partial charge on any atom is -0.480 e. The summed E-state index contributed by atoms with van der Waals surface area (Å²) in [5.41, 5.74) is 6.61. The van der Waals surface area contributed by atoms with Crippen LogP contribution in [-0.2, 0) is 4.79 Å². The lowest BCUT2D eigenvalue weighted by molar-refractivity contribution is -0.140. The molecule has 0 radical (unpaired) electrons. The molecule has 0 bridgehead atoms. The van der Waals surface area contributed by atoms with Crippen molar-refractivity contribution in [2.75, 3.05) is 35.2 Å². The Morgan fingerprint density at radius 1 is 1.29 bits per heavy atom. The van der Waals surface area contributed by atoms with Crippen LogP contribution in [0.3, 0.4) is 0 Å². The van der Waals surface area contributed by atoms with Gasteiger partial charge < -0.3 is 25.7 Å². The van der Waals surface area contributed by atoms with Gasteiger partial charge in [-0.2, -0.15) is 0 Å². The predicted molar refractivity (Wildman–Crippen MR) is 79.5 cm³/mol. The van der Waals surface area contributed by atoms with Crippen LogP contribution >= 0.6 is 0 Å². The van der Waals surface area contributed by atoms with Crippen molar-refractivity contribution in [1.29, 1.82) is 0 Å². The van der Waals surface area contributed by atoms with Crippen LogP contribution < -0.4 is 15.5 Å². The SMILES string of the molecule is Nc1ccc(N2CCC(O)C2C(=O)O)nc1N1CCCC1. The zero-order valence-electron chi connectivity index (χ0n) is 11.8. The van der Waals surface area contributed by atoms with E-state index in [9.17, 15) is 15.0 Å². The molecule has 4 N–H and O–H groups in total. The van der Waals surface area contributed by atoms with E-state index in [4.69, 9.17) is 5.73 Å². The maximum absolute atomic E-state index is 11.3. The van der Waals surface area contributed by atoms with Gasteiger partial charge in [-0.05, 0) is 31.4 Å². The van der Waals surface area contributed by atoms with E-state index in [2.05, 4.69) is 9.88 Å². The first-order valence-electron chi connectivity index (χ1n) is 7.27. The molecule has 2 fully saturated rings. The molecule has 21 heavy (non-hydrogen) atoms. The van der Waals surface area contributed by atoms with E-state index >= 15 is 0 Å². The normalized spacial score (nSPS) is 25.6. The first kappa shape index (κ1) is 13.9. The predicted octanol–water partition coefficient (Wildman–Crippen LogP) is 0.288. The Hall–Kier alpha value is -2.02. The van der Waals surface area contributed by atoms with Crippen molar-refractivity contribution in [2.24, 2.45) is 0 Å². The standard InChI is InChI=1S/C14H20N4O3/c15-9-3-4-11(16-13(9)17-6-1-2-7-17)18-8-5-10(19)12(18)14(20)21/h3-4,10,12,19H,1-2,5-8,15H2,(H,20,21). The third-order valence-electron chi connectivity index (χ3n) is 4.21. The van der Waals surface area contributed by atoms with Gasteiger partial charge in [0.15, 0.2) is 11.9 Å². The van der Waals surface area contributed by atoms with Crippen LogP contribution in [0.1, 0.15) is 19.3 Å². The summed E-state index contributed by atoms with van der Waals surface area (Å²) < 4.78 is 0. The van der Waals surface area contributed by atoms with Gasteiger partial charge in [-0.15, -0.1) is 0 Å². The number of nitrogens with zero attached hydrogens (tertiary/aromatic N) is 3. The van der Waals surface area contributed by atoms with Crippen molar-refractivity contribution in [3.63, 3.8) is 0 Å². The summed E-state index contributed by atoms with van der Waals surface area (Å²) in [6.07, 6.45) is 1.80. The molecule has 2 saturated heterocycles. The number of hydrogen-bond acceptors (Lipinski definition) is 6. The Morgan fingerprint density at radius 3 is 2.67 bits per heavy atom. The second-order valence-corrected chi connectivity index (χ2v) is 5.61. The summed E-state index contributed by atoms with van der Waals surface area (Å²) in [4.78, 5) is 19.7. The van der Waals surface area contributed by atoms with E-state index in [1.54, 1.807) is 17.0 Å². The van der Waals surface area contributed by atoms with Crippen LogP contribution in [-0.4, -0.2) is 52.9 Å². The maximum atomic E-state index is 11.3. The lowest BCUT2D eigenvalue weighted by Crippen LogP contribution is -2.42. The molecule has 7 heteroatoms. The number of carboxylic acids is 1. The lowest BCUT2D eigenvalue weighted by Gasteiger charge is -2.26. The Bertz CT molecular complexity index is 545. The van der Waals surface area contributed by atoms with Gasteiger partial charge in [0.2, 0.25) is 0 Å². The minimum absolute atomic E-state index is 0.433. The van der Waals surface area contributed by atoms with Gasteiger partial charge in [-0.3, -0.25) is 0 Å². The van der Waals surface area contributed by atoms with Gasteiger partial charge >= 0.3 is 5.97 Å². The molecule has 0 amide bonds. The van der Waals surface area contributed by atoms with Gasteiger partial charge in [0, 0.05) is 19.6 Å². The molecule has 2 atom stereocenters. The zero-order valence-corrected chi connectivity index (χ0v) is 11.8.